The van der Waals surface area contributed by atoms with Crippen LogP contribution >= 0.6 is 0 Å². The maximum atomic E-state index is 13.4. The Morgan fingerprint density at radius 3 is 2.51 bits per heavy atom. The number of fused-ring (bicyclic) bond motifs is 1. The maximum Gasteiger partial charge on any atom is 0.339 e. The van der Waals surface area contributed by atoms with Crippen LogP contribution in [0.4, 0.5) is 5.69 Å². The molecule has 0 spiro atoms. The van der Waals surface area contributed by atoms with Crippen LogP contribution in [0.5, 0.6) is 0 Å². The number of para-hydroxylation sites is 2. The quantitative estimate of drug-likeness (QED) is 0.250. The highest BCUT2D eigenvalue weighted by atomic mass is 16.5. The fraction of sp³-hybridized carbons (Fsp3) is 0.156. The number of nitrogens with zero attached hydrogens (tertiary/aromatic N) is 3. The van der Waals surface area contributed by atoms with Gasteiger partial charge in [-0.05, 0) is 72.7 Å². The first kappa shape index (κ1) is 25.6. The average Bonchev–Trinajstić information content (AvgIpc) is 3.43. The third-order valence-corrected chi connectivity index (χ3v) is 6.64. The lowest BCUT2D eigenvalue weighted by atomic mass is 9.96. The number of anilines is 1. The van der Waals surface area contributed by atoms with E-state index in [0.717, 1.165) is 27.8 Å². The predicted molar refractivity (Wildman–Crippen MR) is 153 cm³/mol. The monoisotopic (exact) mass is 516 g/mol. The molecule has 7 heteroatoms. The number of rotatable bonds is 5. The number of hydrogen-bond acceptors (Lipinski definition) is 5. The van der Waals surface area contributed by atoms with E-state index in [1.54, 1.807) is 34.6 Å². The Bertz CT molecular complexity index is 1810. The normalized spacial score (nSPS) is 11.5. The first-order chi connectivity index (χ1) is 18.9. The molecule has 0 radical (unpaired) electrons. The summed E-state index contributed by atoms with van der Waals surface area (Å²) in [4.78, 5) is 25.7. The second-order valence-corrected chi connectivity index (χ2v) is 9.37. The Kier molecular flexibility index (Phi) is 7.02. The summed E-state index contributed by atoms with van der Waals surface area (Å²) in [5.41, 5.74) is 5.16. The molecule has 2 aromatic heterocycles. The summed E-state index contributed by atoms with van der Waals surface area (Å²) >= 11 is 0. The van der Waals surface area contributed by atoms with Gasteiger partial charge in [0.25, 0.3) is 5.56 Å². The number of hydrogen-bond donors (Lipinski definition) is 1. The van der Waals surface area contributed by atoms with Crippen LogP contribution in [-0.4, -0.2) is 27.4 Å². The molecule has 3 aromatic carbocycles. The zero-order chi connectivity index (χ0) is 27.5. The van der Waals surface area contributed by atoms with Crippen LogP contribution in [0.2, 0.25) is 0 Å². The van der Waals surface area contributed by atoms with Crippen LogP contribution in [-0.2, 0) is 11.8 Å². The Balaban J connectivity index is 1.54. The zero-order valence-electron chi connectivity index (χ0n) is 22.2. The van der Waals surface area contributed by atoms with Crippen molar-refractivity contribution in [3.05, 3.63) is 123 Å². The minimum Gasteiger partial charge on any atom is -0.465 e. The molecule has 7 nitrogen and oxygen atoms in total. The molecule has 194 valence electrons. The topological polar surface area (TPSA) is 78.2 Å². The van der Waals surface area contributed by atoms with Crippen molar-refractivity contribution in [3.8, 4) is 17.5 Å². The van der Waals surface area contributed by atoms with Gasteiger partial charge in [-0.3, -0.25) is 4.79 Å². The van der Waals surface area contributed by atoms with Gasteiger partial charge in [0, 0.05) is 30.4 Å². The van der Waals surface area contributed by atoms with Gasteiger partial charge in [0.05, 0.1) is 35.8 Å². The Hall–Kier alpha value is -5.09. The van der Waals surface area contributed by atoms with Crippen LogP contribution in [0.25, 0.3) is 16.5 Å². The summed E-state index contributed by atoms with van der Waals surface area (Å²) in [5, 5.41) is 9.26. The van der Waals surface area contributed by atoms with E-state index in [4.69, 9.17) is 4.74 Å². The van der Waals surface area contributed by atoms with Gasteiger partial charge in [0.15, 0.2) is 0 Å². The van der Waals surface area contributed by atoms with Gasteiger partial charge in [-0.1, -0.05) is 42.3 Å². The molecule has 0 amide bonds. The summed E-state index contributed by atoms with van der Waals surface area (Å²) in [6.07, 6.45) is 3.57. The molecule has 0 fully saturated rings. The Labute approximate surface area is 226 Å². The van der Waals surface area contributed by atoms with E-state index in [0.29, 0.717) is 22.3 Å². The summed E-state index contributed by atoms with van der Waals surface area (Å²) in [6, 6.07) is 22.7. The molecule has 5 rings (SSSR count). The molecular formula is C32H28N4O3. The van der Waals surface area contributed by atoms with E-state index in [1.807, 2.05) is 74.6 Å². The van der Waals surface area contributed by atoms with E-state index in [-0.39, 0.29) is 11.6 Å². The summed E-state index contributed by atoms with van der Waals surface area (Å²) in [5.74, 6) is 5.90. The molecule has 1 N–H and O–H groups in total. The molecule has 0 bridgehead atoms. The summed E-state index contributed by atoms with van der Waals surface area (Å²) in [7, 11) is 3.09. The van der Waals surface area contributed by atoms with Gasteiger partial charge in [-0.15, -0.1) is 0 Å². The molecule has 1 atom stereocenters. The smallest absolute Gasteiger partial charge is 0.339 e. The van der Waals surface area contributed by atoms with Crippen molar-refractivity contribution in [2.24, 2.45) is 7.05 Å². The second kappa shape index (κ2) is 10.7. The number of carbonyl (C=O) groups is 1. The first-order valence-corrected chi connectivity index (χ1v) is 12.6. The van der Waals surface area contributed by atoms with Crippen LogP contribution in [0, 0.1) is 18.8 Å². The summed E-state index contributed by atoms with van der Waals surface area (Å²) in [6.45, 7) is 3.97. The molecule has 0 aliphatic carbocycles. The fourth-order valence-electron chi connectivity index (χ4n) is 4.62. The number of esters is 1. The van der Waals surface area contributed by atoms with Crippen molar-refractivity contribution >= 4 is 22.4 Å². The van der Waals surface area contributed by atoms with E-state index in [9.17, 15) is 9.59 Å². The minimum absolute atomic E-state index is 0.121. The molecule has 0 saturated carbocycles. The largest absolute Gasteiger partial charge is 0.465 e. The standard InChI is InChI=1S/C32H28N4O3/c1-21-16-27(22(2)34-30-13-9-8-12-26(30)32(38)39-4)28-18-25(35(3)31(37)29(28)17-21)15-14-23-19-33-36(20-23)24-10-6-5-7-11-24/h5-13,16-20,22,34H,1-4H3. The maximum absolute atomic E-state index is 13.4. The predicted octanol–water partition coefficient (Wildman–Crippen LogP) is 5.39. The molecule has 0 aliphatic heterocycles. The van der Waals surface area contributed by atoms with Crippen LogP contribution in [0.1, 0.15) is 45.7 Å². The number of aryl methyl sites for hydroxylation is 1. The second-order valence-electron chi connectivity index (χ2n) is 9.37. The van der Waals surface area contributed by atoms with E-state index in [2.05, 4.69) is 28.3 Å². The van der Waals surface area contributed by atoms with Crippen molar-refractivity contribution < 1.29 is 9.53 Å². The van der Waals surface area contributed by atoms with Crippen LogP contribution in [0.15, 0.2) is 90.0 Å². The van der Waals surface area contributed by atoms with E-state index < -0.39 is 5.97 Å². The number of pyridine rings is 1. The lowest BCUT2D eigenvalue weighted by Gasteiger charge is -2.20. The van der Waals surface area contributed by atoms with Crippen molar-refractivity contribution in [3.63, 3.8) is 0 Å². The third kappa shape index (κ3) is 5.18. The molecule has 1 unspecified atom stereocenters. The SMILES string of the molecule is COC(=O)c1ccccc1NC(C)c1cc(C)cc2c(=O)n(C)c(C#Cc3cnn(-c4ccccc4)c3)cc12. The lowest BCUT2D eigenvalue weighted by molar-refractivity contribution is 0.0602. The number of benzene rings is 3. The van der Waals surface area contributed by atoms with Crippen LogP contribution in [0.3, 0.4) is 0 Å². The summed E-state index contributed by atoms with van der Waals surface area (Å²) < 4.78 is 8.29. The van der Waals surface area contributed by atoms with Gasteiger partial charge in [-0.25, -0.2) is 9.48 Å². The number of nitrogens with one attached hydrogen (secondary N) is 1. The Morgan fingerprint density at radius 1 is 1.00 bits per heavy atom. The lowest BCUT2D eigenvalue weighted by Crippen LogP contribution is -2.20. The molecule has 2 heterocycles. The number of ether oxygens (including phenoxy) is 1. The van der Waals surface area contributed by atoms with Gasteiger partial charge < -0.3 is 14.6 Å². The van der Waals surface area contributed by atoms with Crippen molar-refractivity contribution in [2.45, 2.75) is 19.9 Å². The number of aromatic nitrogens is 3. The molecule has 0 aliphatic rings. The van der Waals surface area contributed by atoms with Crippen LogP contribution < -0.4 is 10.9 Å². The van der Waals surface area contributed by atoms with E-state index in [1.165, 1.54) is 7.11 Å². The van der Waals surface area contributed by atoms with E-state index >= 15 is 0 Å². The van der Waals surface area contributed by atoms with Gasteiger partial charge in [0.1, 0.15) is 0 Å². The third-order valence-electron chi connectivity index (χ3n) is 6.64. The first-order valence-electron chi connectivity index (χ1n) is 12.6. The molecule has 5 aromatic rings. The molecule has 39 heavy (non-hydrogen) atoms. The van der Waals surface area contributed by atoms with Gasteiger partial charge in [0.2, 0.25) is 0 Å². The van der Waals surface area contributed by atoms with Crippen molar-refractivity contribution in [2.75, 3.05) is 12.4 Å². The van der Waals surface area contributed by atoms with Crippen molar-refractivity contribution in [1.82, 2.24) is 14.3 Å². The molecular weight excluding hydrogens is 488 g/mol. The average molecular weight is 517 g/mol. The van der Waals surface area contributed by atoms with Crippen molar-refractivity contribution in [1.29, 1.82) is 0 Å². The Morgan fingerprint density at radius 2 is 1.74 bits per heavy atom. The van der Waals surface area contributed by atoms with Gasteiger partial charge in [-0.2, -0.15) is 5.10 Å². The zero-order valence-corrected chi connectivity index (χ0v) is 22.2. The highest BCUT2D eigenvalue weighted by Crippen LogP contribution is 2.29. The fourth-order valence-corrected chi connectivity index (χ4v) is 4.62. The number of carbonyl (C=O) groups excluding carboxylic acids is 1. The minimum atomic E-state index is -0.415. The highest BCUT2D eigenvalue weighted by Gasteiger charge is 2.17. The highest BCUT2D eigenvalue weighted by molar-refractivity contribution is 5.96. The molecule has 0 saturated heterocycles. The van der Waals surface area contributed by atoms with Gasteiger partial charge >= 0.3 is 5.97 Å². The number of methoxy groups -OCH3 is 1.